The van der Waals surface area contributed by atoms with Gasteiger partial charge >= 0.3 is 11.9 Å². The maximum absolute atomic E-state index is 13.4. The fraction of sp³-hybridized carbons (Fsp3) is 0.357. The summed E-state index contributed by atoms with van der Waals surface area (Å²) in [5, 5.41) is 0. The predicted octanol–water partition coefficient (Wildman–Crippen LogP) is 5.12. The molecule has 0 amide bonds. The van der Waals surface area contributed by atoms with E-state index in [4.69, 9.17) is 18.9 Å². The molecule has 36 heavy (non-hydrogen) atoms. The Balaban J connectivity index is 2.09. The van der Waals surface area contributed by atoms with Crippen molar-refractivity contribution < 1.29 is 32.9 Å². The van der Waals surface area contributed by atoms with Crippen LogP contribution in [0.5, 0.6) is 11.5 Å². The van der Waals surface area contributed by atoms with E-state index in [0.717, 1.165) is 12.0 Å². The van der Waals surface area contributed by atoms with Crippen molar-refractivity contribution in [3.8, 4) is 11.5 Å². The van der Waals surface area contributed by atoms with Gasteiger partial charge in [0.2, 0.25) is 0 Å². The topological polar surface area (TPSA) is 74.3 Å². The second-order valence-electron chi connectivity index (χ2n) is 8.10. The van der Waals surface area contributed by atoms with Crippen LogP contribution in [0.4, 0.5) is 4.39 Å². The third-order valence-corrected chi connectivity index (χ3v) is 5.52. The number of benzene rings is 2. The molecule has 1 aliphatic heterocycles. The molecule has 0 fully saturated rings. The molecule has 8 heteroatoms. The molecule has 1 heterocycles. The lowest BCUT2D eigenvalue weighted by Gasteiger charge is -2.30. The third-order valence-electron chi connectivity index (χ3n) is 5.52. The molecule has 0 aromatic heterocycles. The highest BCUT2D eigenvalue weighted by Crippen LogP contribution is 2.40. The van der Waals surface area contributed by atoms with Gasteiger partial charge in [-0.05, 0) is 55.7 Å². The molecule has 0 unspecified atom stereocenters. The van der Waals surface area contributed by atoms with Crippen molar-refractivity contribution in [1.82, 2.24) is 4.90 Å². The minimum Gasteiger partial charge on any atom is -0.493 e. The van der Waals surface area contributed by atoms with E-state index in [9.17, 15) is 14.0 Å². The fourth-order valence-electron chi connectivity index (χ4n) is 3.93. The number of esters is 2. The molecule has 0 N–H and O–H groups in total. The summed E-state index contributed by atoms with van der Waals surface area (Å²) < 4.78 is 35.4. The van der Waals surface area contributed by atoms with Crippen molar-refractivity contribution in [2.24, 2.45) is 0 Å². The molecule has 2 aromatic carbocycles. The quantitative estimate of drug-likeness (QED) is 0.399. The van der Waals surface area contributed by atoms with E-state index in [1.54, 1.807) is 61.5 Å². The number of nitrogens with zero attached hydrogens (tertiary/aromatic N) is 1. The summed E-state index contributed by atoms with van der Waals surface area (Å²) in [5.74, 6) is -1.13. The van der Waals surface area contributed by atoms with Gasteiger partial charge in [0.1, 0.15) is 5.82 Å². The zero-order valence-electron chi connectivity index (χ0n) is 21.1. The van der Waals surface area contributed by atoms with Crippen LogP contribution < -0.4 is 9.47 Å². The Morgan fingerprint density at radius 2 is 1.50 bits per heavy atom. The first-order valence-corrected chi connectivity index (χ1v) is 12.0. The number of carbonyl (C=O) groups is 2. The van der Waals surface area contributed by atoms with Crippen LogP contribution in [0.3, 0.4) is 0 Å². The van der Waals surface area contributed by atoms with Gasteiger partial charge in [-0.1, -0.05) is 25.1 Å². The summed E-state index contributed by atoms with van der Waals surface area (Å²) in [4.78, 5) is 27.9. The Morgan fingerprint density at radius 1 is 0.889 bits per heavy atom. The van der Waals surface area contributed by atoms with Crippen LogP contribution in [0.15, 0.2) is 66.0 Å². The van der Waals surface area contributed by atoms with E-state index >= 15 is 0 Å². The lowest BCUT2D eigenvalue weighted by molar-refractivity contribution is -0.139. The van der Waals surface area contributed by atoms with E-state index in [-0.39, 0.29) is 30.2 Å². The average Bonchev–Trinajstić information content (AvgIpc) is 2.88. The Bertz CT molecular complexity index is 1090. The van der Waals surface area contributed by atoms with Gasteiger partial charge in [0.25, 0.3) is 0 Å². The summed E-state index contributed by atoms with van der Waals surface area (Å²) in [6, 6.07) is 11.3. The zero-order chi connectivity index (χ0) is 26.1. The van der Waals surface area contributed by atoms with Gasteiger partial charge in [0, 0.05) is 18.9 Å². The molecule has 3 rings (SSSR count). The van der Waals surface area contributed by atoms with Crippen LogP contribution in [0.25, 0.3) is 0 Å². The first kappa shape index (κ1) is 26.8. The van der Waals surface area contributed by atoms with Crippen LogP contribution in [0.1, 0.15) is 44.2 Å². The van der Waals surface area contributed by atoms with Gasteiger partial charge in [-0.2, -0.15) is 0 Å². The van der Waals surface area contributed by atoms with Crippen LogP contribution in [-0.4, -0.2) is 43.8 Å². The van der Waals surface area contributed by atoms with E-state index in [0.29, 0.717) is 30.2 Å². The second kappa shape index (κ2) is 12.8. The number of hydrogen-bond donors (Lipinski definition) is 0. The highest BCUT2D eigenvalue weighted by molar-refractivity contribution is 5.98. The molecule has 0 spiro atoms. The normalized spacial score (nSPS) is 13.5. The van der Waals surface area contributed by atoms with Crippen LogP contribution in [-0.2, 0) is 25.6 Å². The summed E-state index contributed by atoms with van der Waals surface area (Å²) in [7, 11) is 1.54. The van der Waals surface area contributed by atoms with Crippen LogP contribution in [0, 0.1) is 5.82 Å². The summed E-state index contributed by atoms with van der Waals surface area (Å²) >= 11 is 0. The van der Waals surface area contributed by atoms with Crippen LogP contribution >= 0.6 is 0 Å². The number of methoxy groups -OCH3 is 1. The standard InChI is InChI=1S/C28H32FNO6/c1-5-14-36-24-13-10-20(15-25(24)33-4)26-22(27(31)34-6-2)17-30(18-23(26)28(32)35-7-3)16-19-8-11-21(29)12-9-19/h8-13,15,17-18,26H,5-7,14,16H2,1-4H3. The Labute approximate surface area is 211 Å². The van der Waals surface area contributed by atoms with Gasteiger partial charge in [0.15, 0.2) is 11.5 Å². The van der Waals surface area contributed by atoms with Crippen molar-refractivity contribution in [2.45, 2.75) is 39.7 Å². The van der Waals surface area contributed by atoms with Gasteiger partial charge in [-0.25, -0.2) is 14.0 Å². The van der Waals surface area contributed by atoms with Gasteiger partial charge in [-0.3, -0.25) is 0 Å². The molecular formula is C28H32FNO6. The number of halogens is 1. The summed E-state index contributed by atoms with van der Waals surface area (Å²) in [5.41, 5.74) is 1.99. The molecule has 7 nitrogen and oxygen atoms in total. The number of rotatable bonds is 11. The largest absolute Gasteiger partial charge is 0.493 e. The van der Waals surface area contributed by atoms with E-state index in [1.807, 2.05) is 6.92 Å². The third kappa shape index (κ3) is 6.44. The Morgan fingerprint density at radius 3 is 2.03 bits per heavy atom. The predicted molar refractivity (Wildman–Crippen MR) is 133 cm³/mol. The smallest absolute Gasteiger partial charge is 0.336 e. The molecule has 1 aliphatic rings. The lowest BCUT2D eigenvalue weighted by atomic mass is 9.83. The second-order valence-corrected chi connectivity index (χ2v) is 8.10. The van der Waals surface area contributed by atoms with Gasteiger partial charge < -0.3 is 23.8 Å². The highest BCUT2D eigenvalue weighted by atomic mass is 19.1. The average molecular weight is 498 g/mol. The summed E-state index contributed by atoms with van der Waals surface area (Å²) in [6.07, 6.45) is 4.15. The van der Waals surface area contributed by atoms with Crippen molar-refractivity contribution in [2.75, 3.05) is 26.9 Å². The number of carbonyl (C=O) groups excluding carboxylic acids is 2. The number of hydrogen-bond acceptors (Lipinski definition) is 7. The molecule has 0 bridgehead atoms. The fourth-order valence-corrected chi connectivity index (χ4v) is 3.93. The van der Waals surface area contributed by atoms with E-state index < -0.39 is 17.9 Å². The molecule has 0 radical (unpaired) electrons. The van der Waals surface area contributed by atoms with Crippen molar-refractivity contribution >= 4 is 11.9 Å². The molecule has 0 saturated carbocycles. The highest BCUT2D eigenvalue weighted by Gasteiger charge is 2.36. The van der Waals surface area contributed by atoms with Gasteiger partial charge in [0.05, 0.1) is 44.0 Å². The minimum atomic E-state index is -0.748. The maximum atomic E-state index is 13.4. The van der Waals surface area contributed by atoms with E-state index in [2.05, 4.69) is 0 Å². The SMILES string of the molecule is CCCOc1ccc(C2C(C(=O)OCC)=CN(Cc3ccc(F)cc3)C=C2C(=O)OCC)cc1OC. The first-order valence-electron chi connectivity index (χ1n) is 12.0. The molecule has 0 aliphatic carbocycles. The van der Waals surface area contributed by atoms with Crippen molar-refractivity contribution in [1.29, 1.82) is 0 Å². The zero-order valence-corrected chi connectivity index (χ0v) is 21.1. The minimum absolute atomic E-state index is 0.173. The molecular weight excluding hydrogens is 465 g/mol. The van der Waals surface area contributed by atoms with E-state index in [1.165, 1.54) is 19.2 Å². The lowest BCUT2D eigenvalue weighted by Crippen LogP contribution is -2.29. The Hall–Kier alpha value is -3.81. The molecule has 0 atom stereocenters. The Kier molecular flexibility index (Phi) is 9.50. The van der Waals surface area contributed by atoms with Gasteiger partial charge in [-0.15, -0.1) is 0 Å². The van der Waals surface area contributed by atoms with Crippen LogP contribution in [0.2, 0.25) is 0 Å². The first-order chi connectivity index (χ1) is 17.4. The molecule has 2 aromatic rings. The maximum Gasteiger partial charge on any atom is 0.336 e. The molecule has 0 saturated heterocycles. The van der Waals surface area contributed by atoms with Crippen molar-refractivity contribution in [3.63, 3.8) is 0 Å². The number of ether oxygens (including phenoxy) is 4. The monoisotopic (exact) mass is 497 g/mol. The van der Waals surface area contributed by atoms with Crippen molar-refractivity contribution in [3.05, 3.63) is 83.0 Å². The summed E-state index contributed by atoms with van der Waals surface area (Å²) in [6.45, 7) is 6.63. The molecule has 192 valence electrons.